The Morgan fingerprint density at radius 2 is 1.59 bits per heavy atom. The monoisotopic (exact) mass is 567 g/mol. The Kier molecular flexibility index (Phi) is 9.60. The predicted octanol–water partition coefficient (Wildman–Crippen LogP) is 4.94. The van der Waals surface area contributed by atoms with Crippen LogP contribution in [0.25, 0.3) is 0 Å². The number of aromatic hydroxyl groups is 1. The van der Waals surface area contributed by atoms with Crippen molar-refractivity contribution in [3.05, 3.63) is 59.7 Å². The summed E-state index contributed by atoms with van der Waals surface area (Å²) in [4.78, 5) is 40.8. The number of rotatable bonds is 9. The first-order valence-corrected chi connectivity index (χ1v) is 13.8. The van der Waals surface area contributed by atoms with Gasteiger partial charge in [-0.1, -0.05) is 49.4 Å². The van der Waals surface area contributed by atoms with E-state index >= 15 is 0 Å². The van der Waals surface area contributed by atoms with Gasteiger partial charge >= 0.3 is 19.2 Å². The van der Waals surface area contributed by atoms with Crippen molar-refractivity contribution in [3.63, 3.8) is 0 Å². The molecule has 222 valence electrons. The van der Waals surface area contributed by atoms with Crippen LogP contribution >= 0.6 is 0 Å². The number of benzene rings is 2. The first-order valence-electron chi connectivity index (χ1n) is 13.8. The van der Waals surface area contributed by atoms with E-state index in [0.29, 0.717) is 11.0 Å². The number of carbonyl (C=O) groups excluding carboxylic acids is 3. The largest absolute Gasteiger partial charge is 0.508 e. The first-order chi connectivity index (χ1) is 18.9. The van der Waals surface area contributed by atoms with E-state index in [1.165, 1.54) is 18.0 Å². The quantitative estimate of drug-likeness (QED) is 0.335. The minimum atomic E-state index is -1.12. The van der Waals surface area contributed by atoms with Crippen molar-refractivity contribution in [2.45, 2.75) is 91.3 Å². The van der Waals surface area contributed by atoms with E-state index in [2.05, 4.69) is 0 Å². The maximum Gasteiger partial charge on any atom is 0.498 e. The van der Waals surface area contributed by atoms with Crippen LogP contribution < -0.4 is 5.46 Å². The minimum Gasteiger partial charge on any atom is -0.508 e. The van der Waals surface area contributed by atoms with Crippen molar-refractivity contribution in [2.24, 2.45) is 5.92 Å². The molecule has 1 aliphatic rings. The molecule has 1 heterocycles. The second-order valence-corrected chi connectivity index (χ2v) is 12.6. The average Bonchev–Trinajstić information content (AvgIpc) is 3.09. The van der Waals surface area contributed by atoms with Gasteiger partial charge in [0, 0.05) is 18.9 Å². The summed E-state index contributed by atoms with van der Waals surface area (Å²) in [7, 11) is 0.571. The van der Waals surface area contributed by atoms with Crippen molar-refractivity contribution in [3.8, 4) is 5.75 Å². The van der Waals surface area contributed by atoms with Gasteiger partial charge in [-0.05, 0) is 65.7 Å². The smallest absolute Gasteiger partial charge is 0.498 e. The summed E-state index contributed by atoms with van der Waals surface area (Å²) in [5, 5.41) is 10.7. The molecule has 0 spiro atoms. The first kappa shape index (κ1) is 32.2. The van der Waals surface area contributed by atoms with Crippen molar-refractivity contribution in [2.75, 3.05) is 7.05 Å². The summed E-state index contributed by atoms with van der Waals surface area (Å²) in [6, 6.07) is 12.7. The molecular weight excluding hydrogens is 525 g/mol. The molecule has 3 rings (SSSR count). The van der Waals surface area contributed by atoms with Gasteiger partial charge in [-0.3, -0.25) is 14.5 Å². The number of hydrogen-bond donors (Lipinski definition) is 1. The van der Waals surface area contributed by atoms with Gasteiger partial charge in [-0.25, -0.2) is 4.79 Å². The maximum absolute atomic E-state index is 13.8. The van der Waals surface area contributed by atoms with Crippen LogP contribution in [0.4, 0.5) is 4.79 Å². The Morgan fingerprint density at radius 3 is 2.15 bits per heavy atom. The Labute approximate surface area is 243 Å². The SMILES string of the molecule is C[C@H](CC(=O)[C@H](c1ccc(O)c(B2OC(C)(C)C(C)(C)O2)c1)N(C)C(=O)OCc1ccccc1)C(=O)OC(C)(C)C. The molecule has 1 amide bonds. The minimum absolute atomic E-state index is 0.0218. The standard InChI is InChI=1S/C31H42BNO8/c1-20(27(36)39-29(2,3)4)17-25(35)26(33(9)28(37)38-19-21-13-11-10-12-14-21)22-15-16-24(34)23(18-22)32-40-30(5,6)31(7,8)41-32/h10-16,18,20,26,34H,17,19H2,1-9H3/t20-,26+/m1/s1. The average molecular weight is 567 g/mol. The molecule has 2 atom stereocenters. The molecule has 1 aliphatic heterocycles. The van der Waals surface area contributed by atoms with Crippen LogP contribution in [0.5, 0.6) is 5.75 Å². The van der Waals surface area contributed by atoms with E-state index in [4.69, 9.17) is 18.8 Å². The lowest BCUT2D eigenvalue weighted by Crippen LogP contribution is -2.41. The second kappa shape index (κ2) is 12.2. The molecule has 9 nitrogen and oxygen atoms in total. The molecule has 41 heavy (non-hydrogen) atoms. The summed E-state index contributed by atoms with van der Waals surface area (Å²) in [6.07, 6.45) is -0.898. The highest BCUT2D eigenvalue weighted by molar-refractivity contribution is 6.63. The number of hydrogen-bond acceptors (Lipinski definition) is 8. The van der Waals surface area contributed by atoms with Crippen LogP contribution in [0, 0.1) is 5.92 Å². The van der Waals surface area contributed by atoms with E-state index in [-0.39, 0.29) is 18.8 Å². The summed E-state index contributed by atoms with van der Waals surface area (Å²) in [6.45, 7) is 14.5. The van der Waals surface area contributed by atoms with Crippen LogP contribution in [-0.4, -0.2) is 58.8 Å². The van der Waals surface area contributed by atoms with E-state index in [0.717, 1.165) is 5.56 Å². The Balaban J connectivity index is 1.93. The van der Waals surface area contributed by atoms with Crippen LogP contribution in [0.1, 0.15) is 79.0 Å². The third kappa shape index (κ3) is 7.89. The molecule has 1 fully saturated rings. The highest BCUT2D eigenvalue weighted by Crippen LogP contribution is 2.37. The molecule has 0 bridgehead atoms. The molecular formula is C31H42BNO8. The second-order valence-electron chi connectivity index (χ2n) is 12.6. The van der Waals surface area contributed by atoms with Crippen molar-refractivity contribution in [1.29, 1.82) is 0 Å². The lowest BCUT2D eigenvalue weighted by molar-refractivity contribution is -0.160. The molecule has 0 unspecified atom stereocenters. The fourth-order valence-corrected chi connectivity index (χ4v) is 4.35. The van der Waals surface area contributed by atoms with Gasteiger partial charge in [0.25, 0.3) is 0 Å². The van der Waals surface area contributed by atoms with Crippen LogP contribution in [0.3, 0.4) is 0 Å². The molecule has 0 radical (unpaired) electrons. The highest BCUT2D eigenvalue weighted by atomic mass is 16.7. The molecule has 2 aromatic rings. The zero-order valence-electron chi connectivity index (χ0n) is 25.5. The van der Waals surface area contributed by atoms with Gasteiger partial charge in [-0.15, -0.1) is 0 Å². The zero-order chi connectivity index (χ0) is 30.8. The molecule has 1 N–H and O–H groups in total. The van der Waals surface area contributed by atoms with E-state index < -0.39 is 53.7 Å². The number of phenols is 1. The topological polar surface area (TPSA) is 112 Å². The van der Waals surface area contributed by atoms with Gasteiger partial charge in [-0.2, -0.15) is 0 Å². The Morgan fingerprint density at radius 1 is 1.00 bits per heavy atom. The number of esters is 1. The van der Waals surface area contributed by atoms with Gasteiger partial charge in [0.15, 0.2) is 5.78 Å². The van der Waals surface area contributed by atoms with E-state index in [1.54, 1.807) is 39.8 Å². The predicted molar refractivity (Wildman–Crippen MR) is 156 cm³/mol. The van der Waals surface area contributed by atoms with Gasteiger partial charge in [0.2, 0.25) is 0 Å². The Hall–Kier alpha value is -3.37. The summed E-state index contributed by atoms with van der Waals surface area (Å²) in [5.41, 5.74) is -0.492. The molecule has 10 heteroatoms. The Bertz CT molecular complexity index is 1240. The van der Waals surface area contributed by atoms with Gasteiger partial charge < -0.3 is 23.9 Å². The number of amides is 1. The van der Waals surface area contributed by atoms with Crippen LogP contribution in [0.15, 0.2) is 48.5 Å². The summed E-state index contributed by atoms with van der Waals surface area (Å²) < 4.78 is 23.2. The molecule has 1 saturated heterocycles. The number of ether oxygens (including phenoxy) is 2. The van der Waals surface area contributed by atoms with E-state index in [1.807, 2.05) is 58.0 Å². The molecule has 0 aliphatic carbocycles. The molecule has 0 saturated carbocycles. The number of ketones is 1. The highest BCUT2D eigenvalue weighted by Gasteiger charge is 2.52. The number of nitrogens with zero attached hydrogens (tertiary/aromatic N) is 1. The fourth-order valence-electron chi connectivity index (χ4n) is 4.35. The van der Waals surface area contributed by atoms with Gasteiger partial charge in [0.05, 0.1) is 17.1 Å². The fraction of sp³-hybridized carbons (Fsp3) is 0.516. The number of Topliss-reactive ketones (excluding diaryl/α,β-unsaturated/α-hetero) is 1. The maximum atomic E-state index is 13.8. The van der Waals surface area contributed by atoms with Crippen LogP contribution in [-0.2, 0) is 35.0 Å². The third-order valence-corrected chi connectivity index (χ3v) is 7.38. The third-order valence-electron chi connectivity index (χ3n) is 7.38. The van der Waals surface area contributed by atoms with Gasteiger partial charge in [0.1, 0.15) is 24.0 Å². The van der Waals surface area contributed by atoms with E-state index in [9.17, 15) is 19.5 Å². The number of phenolic OH excluding ortho intramolecular Hbond substituents is 1. The lowest BCUT2D eigenvalue weighted by Gasteiger charge is -2.32. The molecule has 2 aromatic carbocycles. The van der Waals surface area contributed by atoms with Crippen molar-refractivity contribution >= 4 is 30.4 Å². The summed E-state index contributed by atoms with van der Waals surface area (Å²) in [5.74, 6) is -1.73. The zero-order valence-corrected chi connectivity index (χ0v) is 25.5. The van der Waals surface area contributed by atoms with Crippen LogP contribution in [0.2, 0.25) is 0 Å². The van der Waals surface area contributed by atoms with Crippen molar-refractivity contribution in [1.82, 2.24) is 4.90 Å². The summed E-state index contributed by atoms with van der Waals surface area (Å²) >= 11 is 0. The number of carbonyl (C=O) groups is 3. The number of likely N-dealkylation sites (N-methyl/N-ethyl adjacent to an activating group) is 1. The molecule has 0 aromatic heterocycles. The van der Waals surface area contributed by atoms with Crippen molar-refractivity contribution < 1.29 is 38.3 Å². The normalized spacial score (nSPS) is 17.4. The lowest BCUT2D eigenvalue weighted by atomic mass is 9.76.